The van der Waals surface area contributed by atoms with Gasteiger partial charge in [-0.05, 0) is 25.5 Å². The molecule has 1 aromatic rings. The molecule has 0 bridgehead atoms. The van der Waals surface area contributed by atoms with Crippen molar-refractivity contribution >= 4 is 5.82 Å². The predicted octanol–water partition coefficient (Wildman–Crippen LogP) is 0.781. The summed E-state index contributed by atoms with van der Waals surface area (Å²) >= 11 is 0. The lowest BCUT2D eigenvalue weighted by Crippen LogP contribution is -2.24. The highest BCUT2D eigenvalue weighted by atomic mass is 16.3. The third kappa shape index (κ3) is 2.33. The van der Waals surface area contributed by atoms with E-state index in [0.29, 0.717) is 11.6 Å². The zero-order valence-corrected chi connectivity index (χ0v) is 9.50. The van der Waals surface area contributed by atoms with Gasteiger partial charge in [0, 0.05) is 19.0 Å². The Morgan fingerprint density at radius 2 is 2.38 bits per heavy atom. The third-order valence-corrected chi connectivity index (χ3v) is 3.18. The molecule has 0 saturated carbocycles. The SMILES string of the molecule is CC(O)C1CCN(c2cccc(CO)n2)C1. The monoisotopic (exact) mass is 222 g/mol. The topological polar surface area (TPSA) is 56.6 Å². The Bertz CT molecular complexity index is 355. The summed E-state index contributed by atoms with van der Waals surface area (Å²) in [5.41, 5.74) is 0.693. The lowest BCUT2D eigenvalue weighted by molar-refractivity contribution is 0.136. The minimum absolute atomic E-state index is 0.0263. The summed E-state index contributed by atoms with van der Waals surface area (Å²) in [6, 6.07) is 5.67. The van der Waals surface area contributed by atoms with Crippen molar-refractivity contribution in [2.45, 2.75) is 26.1 Å². The van der Waals surface area contributed by atoms with E-state index in [2.05, 4.69) is 9.88 Å². The molecule has 0 radical (unpaired) electrons. The number of nitrogens with zero attached hydrogens (tertiary/aromatic N) is 2. The Balaban J connectivity index is 2.08. The number of pyridine rings is 1. The summed E-state index contributed by atoms with van der Waals surface area (Å²) in [6.45, 7) is 3.59. The van der Waals surface area contributed by atoms with Gasteiger partial charge in [-0.2, -0.15) is 0 Å². The average molecular weight is 222 g/mol. The van der Waals surface area contributed by atoms with Gasteiger partial charge >= 0.3 is 0 Å². The maximum Gasteiger partial charge on any atom is 0.128 e. The van der Waals surface area contributed by atoms with Gasteiger partial charge < -0.3 is 15.1 Å². The van der Waals surface area contributed by atoms with Crippen molar-refractivity contribution < 1.29 is 10.2 Å². The van der Waals surface area contributed by atoms with Crippen molar-refractivity contribution in [2.24, 2.45) is 5.92 Å². The van der Waals surface area contributed by atoms with E-state index in [1.54, 1.807) is 0 Å². The minimum atomic E-state index is -0.258. The van der Waals surface area contributed by atoms with Crippen molar-refractivity contribution in [3.8, 4) is 0 Å². The molecule has 1 aliphatic heterocycles. The number of rotatable bonds is 3. The second-order valence-corrected chi connectivity index (χ2v) is 4.38. The third-order valence-electron chi connectivity index (χ3n) is 3.18. The Labute approximate surface area is 95.5 Å². The second-order valence-electron chi connectivity index (χ2n) is 4.38. The molecule has 0 amide bonds. The number of hydrogen-bond acceptors (Lipinski definition) is 4. The van der Waals surface area contributed by atoms with E-state index >= 15 is 0 Å². The zero-order valence-electron chi connectivity index (χ0n) is 9.50. The average Bonchev–Trinajstić information content (AvgIpc) is 2.78. The van der Waals surface area contributed by atoms with Crippen LogP contribution in [0.1, 0.15) is 19.0 Å². The van der Waals surface area contributed by atoms with Gasteiger partial charge in [0.15, 0.2) is 0 Å². The first-order chi connectivity index (χ1) is 7.70. The summed E-state index contributed by atoms with van der Waals surface area (Å²) in [5.74, 6) is 1.23. The molecule has 1 saturated heterocycles. The van der Waals surface area contributed by atoms with Crippen LogP contribution in [0.4, 0.5) is 5.82 Å². The molecule has 1 fully saturated rings. The first kappa shape index (κ1) is 11.4. The molecule has 4 heteroatoms. The summed E-state index contributed by atoms with van der Waals surface area (Å²) in [4.78, 5) is 6.52. The van der Waals surface area contributed by atoms with Crippen LogP contribution in [0.25, 0.3) is 0 Å². The molecular formula is C12H18N2O2. The second kappa shape index (κ2) is 4.80. The van der Waals surface area contributed by atoms with Crippen LogP contribution in [0.3, 0.4) is 0 Å². The van der Waals surface area contributed by atoms with E-state index < -0.39 is 0 Å². The van der Waals surface area contributed by atoms with Crippen molar-refractivity contribution in [1.29, 1.82) is 0 Å². The van der Waals surface area contributed by atoms with Crippen molar-refractivity contribution in [1.82, 2.24) is 4.98 Å². The maximum absolute atomic E-state index is 9.53. The van der Waals surface area contributed by atoms with E-state index in [-0.39, 0.29) is 12.7 Å². The van der Waals surface area contributed by atoms with E-state index in [0.717, 1.165) is 25.3 Å². The van der Waals surface area contributed by atoms with Crippen molar-refractivity contribution in [3.05, 3.63) is 23.9 Å². The fourth-order valence-corrected chi connectivity index (χ4v) is 2.12. The highest BCUT2D eigenvalue weighted by molar-refractivity contribution is 5.40. The number of aromatic nitrogens is 1. The first-order valence-electron chi connectivity index (χ1n) is 5.70. The lowest BCUT2D eigenvalue weighted by atomic mass is 10.0. The first-order valence-corrected chi connectivity index (χ1v) is 5.70. The van der Waals surface area contributed by atoms with Crippen LogP contribution in [0.15, 0.2) is 18.2 Å². The molecule has 4 nitrogen and oxygen atoms in total. The zero-order chi connectivity index (χ0) is 11.5. The molecular weight excluding hydrogens is 204 g/mol. The van der Waals surface area contributed by atoms with Gasteiger partial charge in [0.05, 0.1) is 18.4 Å². The molecule has 0 aromatic carbocycles. The molecule has 1 aromatic heterocycles. The molecule has 2 atom stereocenters. The van der Waals surface area contributed by atoms with Gasteiger partial charge in [-0.25, -0.2) is 4.98 Å². The van der Waals surface area contributed by atoms with Crippen LogP contribution in [0.2, 0.25) is 0 Å². The van der Waals surface area contributed by atoms with E-state index in [4.69, 9.17) is 5.11 Å². The minimum Gasteiger partial charge on any atom is -0.393 e. The molecule has 1 aliphatic rings. The van der Waals surface area contributed by atoms with Gasteiger partial charge in [-0.1, -0.05) is 6.07 Å². The van der Waals surface area contributed by atoms with E-state index in [1.807, 2.05) is 25.1 Å². The van der Waals surface area contributed by atoms with Crippen LogP contribution in [-0.4, -0.2) is 34.4 Å². The Morgan fingerprint density at radius 3 is 3.00 bits per heavy atom. The van der Waals surface area contributed by atoms with Gasteiger partial charge in [-0.15, -0.1) is 0 Å². The van der Waals surface area contributed by atoms with E-state index in [1.165, 1.54) is 0 Å². The maximum atomic E-state index is 9.53. The highest BCUT2D eigenvalue weighted by Gasteiger charge is 2.26. The highest BCUT2D eigenvalue weighted by Crippen LogP contribution is 2.24. The molecule has 88 valence electrons. The number of hydrogen-bond donors (Lipinski definition) is 2. The fourth-order valence-electron chi connectivity index (χ4n) is 2.12. The molecule has 16 heavy (non-hydrogen) atoms. The van der Waals surface area contributed by atoms with Gasteiger partial charge in [0.1, 0.15) is 5.82 Å². The van der Waals surface area contributed by atoms with Crippen LogP contribution in [-0.2, 0) is 6.61 Å². The summed E-state index contributed by atoms with van der Waals surface area (Å²) in [6.07, 6.45) is 0.744. The summed E-state index contributed by atoms with van der Waals surface area (Å²) < 4.78 is 0. The Morgan fingerprint density at radius 1 is 1.56 bits per heavy atom. The van der Waals surface area contributed by atoms with Gasteiger partial charge in [-0.3, -0.25) is 0 Å². The largest absolute Gasteiger partial charge is 0.393 e. The summed E-state index contributed by atoms with van der Waals surface area (Å²) in [5, 5.41) is 18.6. The lowest BCUT2D eigenvalue weighted by Gasteiger charge is -2.18. The Kier molecular flexibility index (Phi) is 3.41. The molecule has 2 unspecified atom stereocenters. The molecule has 2 heterocycles. The predicted molar refractivity (Wildman–Crippen MR) is 62.2 cm³/mol. The molecule has 0 spiro atoms. The van der Waals surface area contributed by atoms with Gasteiger partial charge in [0.25, 0.3) is 0 Å². The van der Waals surface area contributed by atoms with Crippen LogP contribution in [0.5, 0.6) is 0 Å². The smallest absolute Gasteiger partial charge is 0.128 e. The standard InChI is InChI=1S/C12H18N2O2/c1-9(16)10-5-6-14(7-10)12-4-2-3-11(8-15)13-12/h2-4,9-10,15-16H,5-8H2,1H3. The molecule has 2 N–H and O–H groups in total. The van der Waals surface area contributed by atoms with Crippen LogP contribution in [0, 0.1) is 5.92 Å². The Hall–Kier alpha value is -1.13. The van der Waals surface area contributed by atoms with E-state index in [9.17, 15) is 5.11 Å². The van der Waals surface area contributed by atoms with Crippen molar-refractivity contribution in [3.63, 3.8) is 0 Å². The van der Waals surface area contributed by atoms with Gasteiger partial charge in [0.2, 0.25) is 0 Å². The number of anilines is 1. The van der Waals surface area contributed by atoms with Crippen LogP contribution < -0.4 is 4.90 Å². The molecule has 2 rings (SSSR count). The van der Waals surface area contributed by atoms with Crippen LogP contribution >= 0.6 is 0 Å². The number of aliphatic hydroxyl groups excluding tert-OH is 2. The number of aliphatic hydroxyl groups is 2. The normalized spacial score (nSPS) is 22.4. The molecule has 0 aliphatic carbocycles. The quantitative estimate of drug-likeness (QED) is 0.793. The summed E-state index contributed by atoms with van der Waals surface area (Å²) in [7, 11) is 0. The van der Waals surface area contributed by atoms with Crippen molar-refractivity contribution in [2.75, 3.05) is 18.0 Å². The fraction of sp³-hybridized carbons (Fsp3) is 0.583.